The van der Waals surface area contributed by atoms with Crippen molar-refractivity contribution in [2.45, 2.75) is 58.7 Å². The van der Waals surface area contributed by atoms with Gasteiger partial charge in [-0.25, -0.2) is 4.79 Å². The van der Waals surface area contributed by atoms with Crippen LogP contribution in [0.1, 0.15) is 40.5 Å². The molecule has 0 aromatic heterocycles. The lowest BCUT2D eigenvalue weighted by Gasteiger charge is -2.37. The molecule has 2 rings (SSSR count). The molecule has 0 aromatic carbocycles. The van der Waals surface area contributed by atoms with Crippen molar-refractivity contribution < 1.29 is 14.3 Å². The number of carbonyl (C=O) groups is 1. The second-order valence-corrected chi connectivity index (χ2v) is 7.33. The SMILES string of the molecule is CCNC(=NCC(C)N1CCOCC1C)NC1CCN(C(=O)OCC)CC1. The molecule has 27 heavy (non-hydrogen) atoms. The van der Waals surface area contributed by atoms with Gasteiger partial charge in [-0.1, -0.05) is 0 Å². The Kier molecular flexibility index (Phi) is 9.14. The number of carbonyl (C=O) groups excluding carboxylic acids is 1. The molecule has 8 nitrogen and oxygen atoms in total. The van der Waals surface area contributed by atoms with E-state index >= 15 is 0 Å². The molecule has 156 valence electrons. The molecular weight excluding hydrogens is 346 g/mol. The number of hydrogen-bond acceptors (Lipinski definition) is 5. The lowest BCUT2D eigenvalue weighted by molar-refractivity contribution is -0.0165. The highest BCUT2D eigenvalue weighted by Gasteiger charge is 2.25. The number of aliphatic imine (C=N–C) groups is 1. The second-order valence-electron chi connectivity index (χ2n) is 7.33. The Morgan fingerprint density at radius 1 is 1.30 bits per heavy atom. The number of piperidine rings is 1. The van der Waals surface area contributed by atoms with E-state index in [1.807, 2.05) is 6.92 Å². The molecule has 0 saturated carbocycles. The van der Waals surface area contributed by atoms with E-state index in [0.717, 1.165) is 64.7 Å². The maximum absolute atomic E-state index is 11.8. The van der Waals surface area contributed by atoms with Crippen molar-refractivity contribution in [3.05, 3.63) is 0 Å². The van der Waals surface area contributed by atoms with E-state index in [1.54, 1.807) is 4.90 Å². The van der Waals surface area contributed by atoms with Crippen LogP contribution in [0.15, 0.2) is 4.99 Å². The Balaban J connectivity index is 1.82. The molecule has 2 aliphatic heterocycles. The van der Waals surface area contributed by atoms with E-state index in [1.165, 1.54) is 0 Å². The van der Waals surface area contributed by atoms with Gasteiger partial charge in [0, 0.05) is 44.3 Å². The fourth-order valence-electron chi connectivity index (χ4n) is 3.66. The number of rotatable bonds is 6. The lowest BCUT2D eigenvalue weighted by Crippen LogP contribution is -2.51. The third-order valence-electron chi connectivity index (χ3n) is 5.20. The Morgan fingerprint density at radius 3 is 2.67 bits per heavy atom. The quantitative estimate of drug-likeness (QED) is 0.531. The maximum Gasteiger partial charge on any atom is 0.409 e. The van der Waals surface area contributed by atoms with Crippen LogP contribution in [0.5, 0.6) is 0 Å². The highest BCUT2D eigenvalue weighted by atomic mass is 16.6. The number of amides is 1. The van der Waals surface area contributed by atoms with Crippen LogP contribution in [0.4, 0.5) is 4.79 Å². The van der Waals surface area contributed by atoms with Crippen molar-refractivity contribution in [2.75, 3.05) is 52.5 Å². The van der Waals surface area contributed by atoms with Crippen molar-refractivity contribution in [1.29, 1.82) is 0 Å². The first-order chi connectivity index (χ1) is 13.0. The Labute approximate surface area is 163 Å². The van der Waals surface area contributed by atoms with Gasteiger partial charge < -0.3 is 25.0 Å². The summed E-state index contributed by atoms with van der Waals surface area (Å²) in [6.45, 7) is 14.4. The number of hydrogen-bond donors (Lipinski definition) is 2. The van der Waals surface area contributed by atoms with Crippen LogP contribution in [0, 0.1) is 0 Å². The highest BCUT2D eigenvalue weighted by molar-refractivity contribution is 5.80. The number of morpholine rings is 1. The van der Waals surface area contributed by atoms with Crippen molar-refractivity contribution >= 4 is 12.1 Å². The minimum absolute atomic E-state index is 0.204. The molecule has 2 fully saturated rings. The predicted molar refractivity (Wildman–Crippen MR) is 107 cm³/mol. The third kappa shape index (κ3) is 6.84. The van der Waals surface area contributed by atoms with Crippen molar-refractivity contribution in [1.82, 2.24) is 20.4 Å². The predicted octanol–water partition coefficient (Wildman–Crippen LogP) is 1.27. The van der Waals surface area contributed by atoms with Crippen molar-refractivity contribution in [3.63, 3.8) is 0 Å². The molecule has 0 aromatic rings. The molecule has 2 saturated heterocycles. The van der Waals surface area contributed by atoms with E-state index < -0.39 is 0 Å². The van der Waals surface area contributed by atoms with Crippen LogP contribution < -0.4 is 10.6 Å². The molecule has 2 atom stereocenters. The van der Waals surface area contributed by atoms with Gasteiger partial charge in [-0.3, -0.25) is 9.89 Å². The van der Waals surface area contributed by atoms with E-state index in [4.69, 9.17) is 14.5 Å². The van der Waals surface area contributed by atoms with Crippen molar-refractivity contribution in [3.8, 4) is 0 Å². The molecule has 0 radical (unpaired) electrons. The van der Waals surface area contributed by atoms with Gasteiger partial charge in [0.25, 0.3) is 0 Å². The van der Waals surface area contributed by atoms with Crippen LogP contribution in [-0.4, -0.2) is 92.5 Å². The standard InChI is InChI=1S/C19H37N5O3/c1-5-20-18(21-13-15(3)24-11-12-26-14-16(24)4)22-17-7-9-23(10-8-17)19(25)27-6-2/h15-17H,5-14H2,1-4H3,(H2,20,21,22). The zero-order valence-electron chi connectivity index (χ0n) is 17.4. The van der Waals surface area contributed by atoms with Crippen LogP contribution in [-0.2, 0) is 9.47 Å². The molecule has 2 N–H and O–H groups in total. The first-order valence-corrected chi connectivity index (χ1v) is 10.3. The van der Waals surface area contributed by atoms with Gasteiger partial charge in [0.2, 0.25) is 0 Å². The second kappa shape index (κ2) is 11.3. The molecule has 0 bridgehead atoms. The van der Waals surface area contributed by atoms with Gasteiger partial charge in [0.05, 0.1) is 26.4 Å². The Bertz CT molecular complexity index is 480. The highest BCUT2D eigenvalue weighted by Crippen LogP contribution is 2.13. The third-order valence-corrected chi connectivity index (χ3v) is 5.20. The average molecular weight is 384 g/mol. The van der Waals surface area contributed by atoms with Gasteiger partial charge in [-0.2, -0.15) is 0 Å². The van der Waals surface area contributed by atoms with Gasteiger partial charge in [0.15, 0.2) is 5.96 Å². The first kappa shape index (κ1) is 21.8. The Hall–Kier alpha value is -1.54. The van der Waals surface area contributed by atoms with Gasteiger partial charge in [-0.15, -0.1) is 0 Å². The number of nitrogens with one attached hydrogen (secondary N) is 2. The van der Waals surface area contributed by atoms with E-state index in [2.05, 4.69) is 36.3 Å². The average Bonchev–Trinajstić information content (AvgIpc) is 2.67. The summed E-state index contributed by atoms with van der Waals surface area (Å²) in [4.78, 5) is 20.9. The molecule has 2 unspecified atom stereocenters. The minimum atomic E-state index is -0.204. The lowest BCUT2D eigenvalue weighted by atomic mass is 10.1. The molecule has 8 heteroatoms. The molecule has 1 amide bonds. The largest absolute Gasteiger partial charge is 0.450 e. The summed E-state index contributed by atoms with van der Waals surface area (Å²) in [5.74, 6) is 0.861. The van der Waals surface area contributed by atoms with Crippen LogP contribution in [0.25, 0.3) is 0 Å². The number of ether oxygens (including phenoxy) is 2. The summed E-state index contributed by atoms with van der Waals surface area (Å²) in [6, 6.07) is 1.14. The summed E-state index contributed by atoms with van der Waals surface area (Å²) in [5, 5.41) is 6.88. The number of likely N-dealkylation sites (tertiary alicyclic amines) is 1. The molecule has 2 heterocycles. The smallest absolute Gasteiger partial charge is 0.409 e. The van der Waals surface area contributed by atoms with Crippen LogP contribution >= 0.6 is 0 Å². The molecule has 2 aliphatic rings. The van der Waals surface area contributed by atoms with Gasteiger partial charge in [0.1, 0.15) is 0 Å². The first-order valence-electron chi connectivity index (χ1n) is 10.3. The zero-order chi connectivity index (χ0) is 19.6. The maximum atomic E-state index is 11.8. The fraction of sp³-hybridized carbons (Fsp3) is 0.895. The monoisotopic (exact) mass is 383 g/mol. The van der Waals surface area contributed by atoms with E-state index in [9.17, 15) is 4.79 Å². The van der Waals surface area contributed by atoms with Crippen LogP contribution in [0.2, 0.25) is 0 Å². The topological polar surface area (TPSA) is 78.4 Å². The summed E-state index contributed by atoms with van der Waals surface area (Å²) < 4.78 is 10.6. The van der Waals surface area contributed by atoms with Crippen molar-refractivity contribution in [2.24, 2.45) is 4.99 Å². The van der Waals surface area contributed by atoms with Gasteiger partial charge in [-0.05, 0) is 40.5 Å². The van der Waals surface area contributed by atoms with Gasteiger partial charge >= 0.3 is 6.09 Å². The van der Waals surface area contributed by atoms with Crippen LogP contribution in [0.3, 0.4) is 0 Å². The summed E-state index contributed by atoms with van der Waals surface area (Å²) in [6.07, 6.45) is 1.60. The normalized spacial score (nSPS) is 23.8. The summed E-state index contributed by atoms with van der Waals surface area (Å²) in [5.41, 5.74) is 0. The zero-order valence-corrected chi connectivity index (χ0v) is 17.4. The number of guanidine groups is 1. The van der Waals surface area contributed by atoms with E-state index in [-0.39, 0.29) is 6.09 Å². The number of nitrogens with zero attached hydrogens (tertiary/aromatic N) is 3. The Morgan fingerprint density at radius 2 is 2.04 bits per heavy atom. The molecule has 0 aliphatic carbocycles. The summed E-state index contributed by atoms with van der Waals surface area (Å²) >= 11 is 0. The fourth-order valence-corrected chi connectivity index (χ4v) is 3.66. The summed E-state index contributed by atoms with van der Waals surface area (Å²) in [7, 11) is 0. The molecular formula is C19H37N5O3. The minimum Gasteiger partial charge on any atom is -0.450 e. The molecule has 0 spiro atoms. The van der Waals surface area contributed by atoms with E-state index in [0.29, 0.717) is 24.7 Å².